The number of carboxylic acids is 1. The van der Waals surface area contributed by atoms with Gasteiger partial charge in [0.2, 0.25) is 0 Å². The van der Waals surface area contributed by atoms with Gasteiger partial charge in [-0.15, -0.1) is 11.3 Å². The van der Waals surface area contributed by atoms with Crippen LogP contribution in [0.4, 0.5) is 0 Å². The minimum absolute atomic E-state index is 0.102. The highest BCUT2D eigenvalue weighted by atomic mass is 35.5. The third-order valence-corrected chi connectivity index (χ3v) is 5.51. The van der Waals surface area contributed by atoms with E-state index in [1.54, 1.807) is 41.4 Å². The highest BCUT2D eigenvalue weighted by Crippen LogP contribution is 2.35. The Bertz CT molecular complexity index is 1100. The highest BCUT2D eigenvalue weighted by Gasteiger charge is 2.19. The van der Waals surface area contributed by atoms with Gasteiger partial charge in [-0.1, -0.05) is 23.2 Å². The molecule has 26 heavy (non-hydrogen) atoms. The quantitative estimate of drug-likeness (QED) is 0.486. The number of thiophene rings is 1. The first kappa shape index (κ1) is 17.0. The van der Waals surface area contributed by atoms with Crippen molar-refractivity contribution in [3.05, 3.63) is 63.6 Å². The van der Waals surface area contributed by atoms with Crippen molar-refractivity contribution in [1.82, 2.24) is 9.55 Å². The van der Waals surface area contributed by atoms with E-state index in [1.807, 2.05) is 0 Å². The van der Waals surface area contributed by atoms with Gasteiger partial charge in [-0.25, -0.2) is 9.78 Å². The fourth-order valence-electron chi connectivity index (χ4n) is 2.45. The Morgan fingerprint density at radius 1 is 1.31 bits per heavy atom. The van der Waals surface area contributed by atoms with Crippen LogP contribution in [0, 0.1) is 0 Å². The first-order valence-corrected chi connectivity index (χ1v) is 8.93. The summed E-state index contributed by atoms with van der Waals surface area (Å²) in [6.07, 6.45) is 4.67. The zero-order valence-electron chi connectivity index (χ0n) is 13.0. The maximum atomic E-state index is 11.6. The predicted octanol–water partition coefficient (Wildman–Crippen LogP) is 5.26. The van der Waals surface area contributed by atoms with E-state index in [0.717, 1.165) is 22.4 Å². The second-order valence-corrected chi connectivity index (χ2v) is 7.22. The molecule has 0 saturated heterocycles. The molecule has 4 rings (SSSR count). The van der Waals surface area contributed by atoms with Gasteiger partial charge >= 0.3 is 5.97 Å². The van der Waals surface area contributed by atoms with E-state index in [1.165, 1.54) is 6.26 Å². The van der Waals surface area contributed by atoms with E-state index in [2.05, 4.69) is 4.98 Å². The van der Waals surface area contributed by atoms with Crippen molar-refractivity contribution in [3.8, 4) is 10.8 Å². The number of furan rings is 1. The molecule has 0 radical (unpaired) electrons. The van der Waals surface area contributed by atoms with Crippen LogP contribution in [0.3, 0.4) is 0 Å². The fraction of sp³-hybridized carbons (Fsp3) is 0.0588. The number of hydrogen-bond donors (Lipinski definition) is 1. The minimum atomic E-state index is -1.06. The first-order valence-electron chi connectivity index (χ1n) is 7.36. The Labute approximate surface area is 161 Å². The molecule has 3 aromatic heterocycles. The number of aromatic nitrogens is 2. The molecule has 0 amide bonds. The van der Waals surface area contributed by atoms with Crippen LogP contribution in [-0.2, 0) is 6.61 Å². The van der Waals surface area contributed by atoms with Gasteiger partial charge in [-0.3, -0.25) is 4.57 Å². The zero-order chi connectivity index (χ0) is 18.3. The Hall–Kier alpha value is -2.48. The second-order valence-electron chi connectivity index (χ2n) is 5.37. The van der Waals surface area contributed by atoms with Crippen LogP contribution < -0.4 is 4.74 Å². The molecule has 0 aliphatic rings. The molecule has 9 heteroatoms. The van der Waals surface area contributed by atoms with E-state index >= 15 is 0 Å². The number of fused-ring (bicyclic) bond motifs is 1. The lowest BCUT2D eigenvalue weighted by Crippen LogP contribution is -1.99. The van der Waals surface area contributed by atoms with E-state index in [0.29, 0.717) is 20.6 Å². The third-order valence-electron chi connectivity index (χ3n) is 3.68. The summed E-state index contributed by atoms with van der Waals surface area (Å²) in [5, 5.41) is 10.9. The Morgan fingerprint density at radius 2 is 2.12 bits per heavy atom. The van der Waals surface area contributed by atoms with Crippen LogP contribution in [0.25, 0.3) is 16.0 Å². The van der Waals surface area contributed by atoms with E-state index in [-0.39, 0.29) is 17.2 Å². The van der Waals surface area contributed by atoms with Gasteiger partial charge in [-0.05, 0) is 18.2 Å². The maximum absolute atomic E-state index is 11.6. The molecule has 0 spiro atoms. The van der Waals surface area contributed by atoms with Crippen molar-refractivity contribution in [2.75, 3.05) is 0 Å². The lowest BCUT2D eigenvalue weighted by atomic mass is 10.3. The molecule has 1 N–H and O–H groups in total. The van der Waals surface area contributed by atoms with E-state index in [4.69, 9.17) is 32.4 Å². The average Bonchev–Trinajstić information content (AvgIpc) is 3.32. The normalized spacial score (nSPS) is 11.2. The number of carbonyl (C=O) groups is 1. The smallest absolute Gasteiger partial charge is 0.349 e. The van der Waals surface area contributed by atoms with Gasteiger partial charge < -0.3 is 14.3 Å². The Kier molecular flexibility index (Phi) is 4.36. The van der Waals surface area contributed by atoms with Gasteiger partial charge in [0.1, 0.15) is 23.7 Å². The van der Waals surface area contributed by atoms with Gasteiger partial charge in [0, 0.05) is 11.6 Å². The summed E-state index contributed by atoms with van der Waals surface area (Å²) in [7, 11) is 0. The SMILES string of the molecule is O=C(O)c1sc(-n2cnc3cc(Cl)c(Cl)cc32)cc1OCc1ccoc1. The number of ether oxygens (including phenoxy) is 1. The summed E-state index contributed by atoms with van der Waals surface area (Å²) in [4.78, 5) is 16.0. The molecule has 6 nitrogen and oxygen atoms in total. The van der Waals surface area contributed by atoms with Crippen molar-refractivity contribution in [2.24, 2.45) is 0 Å². The zero-order valence-corrected chi connectivity index (χ0v) is 15.3. The topological polar surface area (TPSA) is 77.5 Å². The molecule has 1 aromatic carbocycles. The molecule has 0 aliphatic heterocycles. The Balaban J connectivity index is 1.74. The van der Waals surface area contributed by atoms with Crippen LogP contribution >= 0.6 is 34.5 Å². The number of aromatic carboxylic acids is 1. The Morgan fingerprint density at radius 3 is 2.85 bits per heavy atom. The van der Waals surface area contributed by atoms with Crippen molar-refractivity contribution in [2.45, 2.75) is 6.61 Å². The number of imidazole rings is 1. The van der Waals surface area contributed by atoms with Crippen LogP contribution in [0.5, 0.6) is 5.75 Å². The molecular weight excluding hydrogens is 399 g/mol. The molecule has 4 aromatic rings. The first-order chi connectivity index (χ1) is 12.5. The molecule has 0 fully saturated rings. The van der Waals surface area contributed by atoms with Crippen molar-refractivity contribution >= 4 is 51.5 Å². The number of benzene rings is 1. The van der Waals surface area contributed by atoms with E-state index in [9.17, 15) is 9.90 Å². The maximum Gasteiger partial charge on any atom is 0.349 e. The summed E-state index contributed by atoms with van der Waals surface area (Å²) in [6.45, 7) is 0.207. The standard InChI is InChI=1S/C17H10Cl2N2O4S/c18-10-3-12-13(4-11(10)19)21(8-20-12)15-5-14(16(26-15)17(22)23)25-7-9-1-2-24-6-9/h1-6,8H,7H2,(H,22,23). The monoisotopic (exact) mass is 408 g/mol. The van der Waals surface area contributed by atoms with Crippen LogP contribution in [0.1, 0.15) is 15.2 Å². The number of halogens is 2. The number of rotatable bonds is 5. The predicted molar refractivity (Wildman–Crippen MR) is 99.0 cm³/mol. The van der Waals surface area contributed by atoms with Gasteiger partial charge in [0.25, 0.3) is 0 Å². The third kappa shape index (κ3) is 3.05. The molecule has 132 valence electrons. The molecule has 0 unspecified atom stereocenters. The van der Waals surface area contributed by atoms with Gasteiger partial charge in [0.15, 0.2) is 4.88 Å². The summed E-state index contributed by atoms with van der Waals surface area (Å²) in [6, 6.07) is 6.77. The largest absolute Gasteiger partial charge is 0.487 e. The number of carboxylic acid groups (broad SMARTS) is 1. The van der Waals surface area contributed by atoms with Gasteiger partial charge in [-0.2, -0.15) is 0 Å². The van der Waals surface area contributed by atoms with Crippen molar-refractivity contribution in [1.29, 1.82) is 0 Å². The van der Waals surface area contributed by atoms with Crippen molar-refractivity contribution in [3.63, 3.8) is 0 Å². The molecule has 0 bridgehead atoms. The minimum Gasteiger partial charge on any atom is -0.487 e. The molecule has 3 heterocycles. The molecule has 0 aliphatic carbocycles. The number of hydrogen-bond acceptors (Lipinski definition) is 5. The summed E-state index contributed by atoms with van der Waals surface area (Å²) < 4.78 is 12.4. The van der Waals surface area contributed by atoms with Crippen LogP contribution in [-0.4, -0.2) is 20.6 Å². The number of nitrogens with zero attached hydrogens (tertiary/aromatic N) is 2. The summed E-state index contributed by atoms with van der Waals surface area (Å²) in [5.41, 5.74) is 2.19. The highest BCUT2D eigenvalue weighted by molar-refractivity contribution is 7.16. The van der Waals surface area contributed by atoms with Crippen LogP contribution in [0.2, 0.25) is 10.0 Å². The molecular formula is C17H10Cl2N2O4S. The molecule has 0 saturated carbocycles. The van der Waals surface area contributed by atoms with E-state index < -0.39 is 5.97 Å². The summed E-state index contributed by atoms with van der Waals surface area (Å²) in [5.74, 6) is -0.783. The second kappa shape index (κ2) is 6.68. The lowest BCUT2D eigenvalue weighted by Gasteiger charge is -2.03. The lowest BCUT2D eigenvalue weighted by molar-refractivity contribution is 0.0697. The molecule has 0 atom stereocenters. The average molecular weight is 409 g/mol. The van der Waals surface area contributed by atoms with Crippen LogP contribution in [0.15, 0.2) is 47.5 Å². The van der Waals surface area contributed by atoms with Crippen molar-refractivity contribution < 1.29 is 19.1 Å². The fourth-order valence-corrected chi connectivity index (χ4v) is 3.69. The summed E-state index contributed by atoms with van der Waals surface area (Å²) >= 11 is 13.2. The van der Waals surface area contributed by atoms with Gasteiger partial charge in [0.05, 0.1) is 33.6 Å².